The topological polar surface area (TPSA) is 43.1 Å². The zero-order chi connectivity index (χ0) is 18.6. The highest BCUT2D eigenvalue weighted by Gasteiger charge is 2.02. The first kappa shape index (κ1) is 23.9. The molecule has 2 heteroatoms. The van der Waals surface area contributed by atoms with Crippen molar-refractivity contribution in [3.8, 4) is 0 Å². The molecule has 2 nitrogen and oxygen atoms in total. The van der Waals surface area contributed by atoms with Gasteiger partial charge < -0.3 is 5.73 Å². The Labute approximate surface area is 157 Å². The molecule has 146 valence electrons. The van der Waals surface area contributed by atoms with Crippen molar-refractivity contribution in [2.24, 2.45) is 5.73 Å². The van der Waals surface area contributed by atoms with Gasteiger partial charge in [-0.1, -0.05) is 109 Å². The average Bonchev–Trinajstić information content (AvgIpc) is 2.60. The van der Waals surface area contributed by atoms with E-state index in [1.807, 2.05) is 12.2 Å². The van der Waals surface area contributed by atoms with Crippen molar-refractivity contribution in [3.63, 3.8) is 0 Å². The predicted octanol–water partition coefficient (Wildman–Crippen LogP) is 7.24. The Morgan fingerprint density at radius 1 is 0.720 bits per heavy atom. The summed E-state index contributed by atoms with van der Waals surface area (Å²) in [5.74, 6) is -0.268. The minimum absolute atomic E-state index is 0.268. The number of carbonyl (C=O) groups is 1. The lowest BCUT2D eigenvalue weighted by molar-refractivity contribution is -0.114. The van der Waals surface area contributed by atoms with Crippen molar-refractivity contribution in [3.05, 3.63) is 23.8 Å². The van der Waals surface area contributed by atoms with Gasteiger partial charge >= 0.3 is 0 Å². The molecule has 0 saturated heterocycles. The molecule has 0 fully saturated rings. The summed E-state index contributed by atoms with van der Waals surface area (Å²) in [6.07, 6.45) is 26.6. The molecule has 0 unspecified atom stereocenters. The van der Waals surface area contributed by atoms with E-state index in [4.69, 9.17) is 5.73 Å². The summed E-state index contributed by atoms with van der Waals surface area (Å²) in [6.45, 7) is 4.44. The van der Waals surface area contributed by atoms with Gasteiger partial charge in [0, 0.05) is 5.57 Å². The SMILES string of the molecule is CCCCCCCCCCCCCC=CC=C(CCCCC)C(N)=O. The van der Waals surface area contributed by atoms with E-state index in [1.165, 1.54) is 77.0 Å². The summed E-state index contributed by atoms with van der Waals surface area (Å²) in [7, 11) is 0. The molecule has 0 aliphatic rings. The Hall–Kier alpha value is -1.05. The summed E-state index contributed by atoms with van der Waals surface area (Å²) < 4.78 is 0. The maximum atomic E-state index is 11.4. The van der Waals surface area contributed by atoms with Crippen LogP contribution in [0.5, 0.6) is 0 Å². The molecular formula is C23H43NO. The summed E-state index contributed by atoms with van der Waals surface area (Å²) in [4.78, 5) is 11.4. The Kier molecular flexibility index (Phi) is 18.5. The molecule has 0 aliphatic heterocycles. The maximum absolute atomic E-state index is 11.4. The van der Waals surface area contributed by atoms with Crippen molar-refractivity contribution >= 4 is 5.91 Å². The second-order valence-electron chi connectivity index (χ2n) is 7.27. The molecule has 0 aliphatic carbocycles. The number of amides is 1. The molecule has 0 aromatic heterocycles. The van der Waals surface area contributed by atoms with Crippen LogP contribution in [0.25, 0.3) is 0 Å². The van der Waals surface area contributed by atoms with Gasteiger partial charge in [0.25, 0.3) is 0 Å². The third-order valence-corrected chi connectivity index (χ3v) is 4.77. The molecule has 0 rings (SSSR count). The fourth-order valence-corrected chi connectivity index (χ4v) is 3.06. The van der Waals surface area contributed by atoms with Crippen LogP contribution in [-0.2, 0) is 4.79 Å². The van der Waals surface area contributed by atoms with E-state index in [0.717, 1.165) is 31.3 Å². The smallest absolute Gasteiger partial charge is 0.244 e. The van der Waals surface area contributed by atoms with Crippen LogP contribution < -0.4 is 5.73 Å². The second kappa shape index (κ2) is 19.3. The molecule has 0 aromatic rings. The van der Waals surface area contributed by atoms with E-state index in [0.29, 0.717) is 0 Å². The molecule has 25 heavy (non-hydrogen) atoms. The quantitative estimate of drug-likeness (QED) is 0.158. The second-order valence-corrected chi connectivity index (χ2v) is 7.27. The van der Waals surface area contributed by atoms with Gasteiger partial charge in [0.1, 0.15) is 0 Å². The number of unbranched alkanes of at least 4 members (excludes halogenated alkanes) is 13. The minimum Gasteiger partial charge on any atom is -0.366 e. The van der Waals surface area contributed by atoms with Crippen molar-refractivity contribution in [1.29, 1.82) is 0 Å². The molecule has 0 atom stereocenters. The lowest BCUT2D eigenvalue weighted by Crippen LogP contribution is -2.13. The minimum atomic E-state index is -0.268. The van der Waals surface area contributed by atoms with E-state index in [2.05, 4.69) is 19.9 Å². The van der Waals surface area contributed by atoms with Crippen LogP contribution in [0.1, 0.15) is 117 Å². The van der Waals surface area contributed by atoms with Crippen molar-refractivity contribution in [2.75, 3.05) is 0 Å². The third-order valence-electron chi connectivity index (χ3n) is 4.77. The van der Waals surface area contributed by atoms with Crippen molar-refractivity contribution in [1.82, 2.24) is 0 Å². The fourth-order valence-electron chi connectivity index (χ4n) is 3.06. The number of carbonyl (C=O) groups excluding carboxylic acids is 1. The van der Waals surface area contributed by atoms with Gasteiger partial charge in [0.05, 0.1) is 0 Å². The van der Waals surface area contributed by atoms with Crippen molar-refractivity contribution in [2.45, 2.75) is 117 Å². The normalized spacial score (nSPS) is 12.2. The third kappa shape index (κ3) is 17.6. The van der Waals surface area contributed by atoms with E-state index in [1.54, 1.807) is 0 Å². The van der Waals surface area contributed by atoms with Crippen LogP contribution in [0, 0.1) is 0 Å². The lowest BCUT2D eigenvalue weighted by atomic mass is 10.0. The van der Waals surface area contributed by atoms with Gasteiger partial charge in [-0.3, -0.25) is 4.79 Å². The van der Waals surface area contributed by atoms with Crippen LogP contribution in [0.4, 0.5) is 0 Å². The standard InChI is InChI=1S/C23H43NO/c1-3-5-7-8-9-10-11-12-13-14-15-16-17-19-21-22(23(24)25)20-18-6-4-2/h17,19,21H,3-16,18,20H2,1-2H3,(H2,24,25). The van der Waals surface area contributed by atoms with Gasteiger partial charge in [0.2, 0.25) is 5.91 Å². The summed E-state index contributed by atoms with van der Waals surface area (Å²) in [5.41, 5.74) is 6.20. The van der Waals surface area contributed by atoms with Crippen LogP contribution in [-0.4, -0.2) is 5.91 Å². The molecule has 0 aromatic carbocycles. The highest BCUT2D eigenvalue weighted by molar-refractivity contribution is 5.92. The molecule has 0 spiro atoms. The highest BCUT2D eigenvalue weighted by Crippen LogP contribution is 2.12. The molecule has 0 radical (unpaired) electrons. The van der Waals surface area contributed by atoms with Crippen LogP contribution in [0.2, 0.25) is 0 Å². The van der Waals surface area contributed by atoms with Gasteiger partial charge in [-0.15, -0.1) is 0 Å². The molecule has 0 bridgehead atoms. The van der Waals surface area contributed by atoms with Gasteiger partial charge in [-0.2, -0.15) is 0 Å². The summed E-state index contributed by atoms with van der Waals surface area (Å²) >= 11 is 0. The molecular weight excluding hydrogens is 306 g/mol. The molecule has 0 saturated carbocycles. The first-order valence-electron chi connectivity index (χ1n) is 10.9. The van der Waals surface area contributed by atoms with Gasteiger partial charge in [-0.25, -0.2) is 0 Å². The van der Waals surface area contributed by atoms with Gasteiger partial charge in [-0.05, 0) is 25.7 Å². The van der Waals surface area contributed by atoms with E-state index in [-0.39, 0.29) is 5.91 Å². The van der Waals surface area contributed by atoms with Crippen LogP contribution >= 0.6 is 0 Å². The highest BCUT2D eigenvalue weighted by atomic mass is 16.1. The number of hydrogen-bond donors (Lipinski definition) is 1. The Morgan fingerprint density at radius 3 is 1.72 bits per heavy atom. The first-order valence-corrected chi connectivity index (χ1v) is 10.9. The Bertz CT molecular complexity index is 357. The first-order chi connectivity index (χ1) is 12.2. The largest absolute Gasteiger partial charge is 0.366 e. The van der Waals surface area contributed by atoms with Gasteiger partial charge in [0.15, 0.2) is 0 Å². The monoisotopic (exact) mass is 349 g/mol. The predicted molar refractivity (Wildman–Crippen MR) is 112 cm³/mol. The number of primary amides is 1. The maximum Gasteiger partial charge on any atom is 0.244 e. The number of nitrogens with two attached hydrogens (primary N) is 1. The summed E-state index contributed by atoms with van der Waals surface area (Å²) in [6, 6.07) is 0. The Balaban J connectivity index is 3.54. The van der Waals surface area contributed by atoms with Crippen LogP contribution in [0.3, 0.4) is 0 Å². The number of hydrogen-bond acceptors (Lipinski definition) is 1. The molecule has 1 amide bonds. The van der Waals surface area contributed by atoms with Crippen LogP contribution in [0.15, 0.2) is 23.8 Å². The zero-order valence-electron chi connectivity index (χ0n) is 17.0. The lowest BCUT2D eigenvalue weighted by Gasteiger charge is -2.02. The molecule has 0 heterocycles. The molecule has 2 N–H and O–H groups in total. The fraction of sp³-hybridized carbons (Fsp3) is 0.783. The number of rotatable bonds is 18. The number of allylic oxidation sites excluding steroid dienone is 3. The summed E-state index contributed by atoms with van der Waals surface area (Å²) in [5, 5.41) is 0. The van der Waals surface area contributed by atoms with E-state index < -0.39 is 0 Å². The van der Waals surface area contributed by atoms with Crippen molar-refractivity contribution < 1.29 is 4.79 Å². The Morgan fingerprint density at radius 2 is 1.20 bits per heavy atom. The van der Waals surface area contributed by atoms with E-state index >= 15 is 0 Å². The van der Waals surface area contributed by atoms with E-state index in [9.17, 15) is 4.79 Å². The average molecular weight is 350 g/mol. The zero-order valence-corrected chi connectivity index (χ0v) is 17.0.